The van der Waals surface area contributed by atoms with E-state index in [0.29, 0.717) is 4.47 Å². The van der Waals surface area contributed by atoms with E-state index in [4.69, 9.17) is 9.47 Å². The lowest BCUT2D eigenvalue weighted by molar-refractivity contribution is -0.385. The van der Waals surface area contributed by atoms with Crippen LogP contribution >= 0.6 is 15.9 Å². The van der Waals surface area contributed by atoms with Gasteiger partial charge in [-0.1, -0.05) is 41.2 Å². The van der Waals surface area contributed by atoms with Gasteiger partial charge in [-0.3, -0.25) is 19.7 Å². The molecule has 1 rings (SSSR count). The van der Waals surface area contributed by atoms with Gasteiger partial charge in [0.25, 0.3) is 5.69 Å². The van der Waals surface area contributed by atoms with Crippen LogP contribution in [-0.2, 0) is 19.1 Å². The highest BCUT2D eigenvalue weighted by molar-refractivity contribution is 9.10. The van der Waals surface area contributed by atoms with Crippen LogP contribution in [-0.4, -0.2) is 30.1 Å². The van der Waals surface area contributed by atoms with Crippen molar-refractivity contribution < 1.29 is 24.0 Å². The van der Waals surface area contributed by atoms with Gasteiger partial charge in [0, 0.05) is 10.5 Å². The molecular weight excluding hydrogens is 370 g/mol. The number of ether oxygens (including phenoxy) is 2. The number of nitrogens with zero attached hydrogens (tertiary/aromatic N) is 1. The van der Waals surface area contributed by atoms with Crippen LogP contribution in [0.4, 0.5) is 5.69 Å². The number of hydrogen-bond donors (Lipinski definition) is 0. The smallest absolute Gasteiger partial charge is 0.325 e. The molecule has 1 aromatic rings. The van der Waals surface area contributed by atoms with Gasteiger partial charge >= 0.3 is 11.9 Å². The molecule has 0 fully saturated rings. The summed E-state index contributed by atoms with van der Waals surface area (Å²) in [5.74, 6) is -3.47. The van der Waals surface area contributed by atoms with Crippen molar-refractivity contribution in [2.75, 3.05) is 13.2 Å². The van der Waals surface area contributed by atoms with Gasteiger partial charge in [0.1, 0.15) is 13.2 Å². The number of carbonyl (C=O) groups excluding carboxylic acids is 2. The minimum atomic E-state index is -1.57. The number of hydrogen-bond acceptors (Lipinski definition) is 6. The normalized spacial score (nSPS) is 10.0. The molecule has 0 aromatic heterocycles. The Bertz CT molecular complexity index is 619. The summed E-state index contributed by atoms with van der Waals surface area (Å²) in [5.41, 5.74) is -0.503. The Morgan fingerprint density at radius 1 is 1.22 bits per heavy atom. The molecule has 0 unspecified atom stereocenters. The van der Waals surface area contributed by atoms with Crippen LogP contribution in [0.5, 0.6) is 0 Å². The van der Waals surface area contributed by atoms with Crippen molar-refractivity contribution >= 4 is 33.6 Å². The maximum atomic E-state index is 12.1. The minimum absolute atomic E-state index is 0.110. The zero-order chi connectivity index (χ0) is 17.4. The third-order valence-electron chi connectivity index (χ3n) is 2.66. The van der Waals surface area contributed by atoms with E-state index < -0.39 is 28.5 Å². The molecule has 0 atom stereocenters. The van der Waals surface area contributed by atoms with Crippen molar-refractivity contribution in [3.05, 3.63) is 63.7 Å². The summed E-state index contributed by atoms with van der Waals surface area (Å²) in [4.78, 5) is 34.8. The lowest BCUT2D eigenvalue weighted by Crippen LogP contribution is -2.27. The first kappa shape index (κ1) is 18.6. The van der Waals surface area contributed by atoms with E-state index in [1.807, 2.05) is 0 Å². The molecule has 0 amide bonds. The molecular formula is C15H14BrNO6. The van der Waals surface area contributed by atoms with Crippen molar-refractivity contribution in [2.45, 2.75) is 5.92 Å². The highest BCUT2D eigenvalue weighted by Gasteiger charge is 2.36. The predicted octanol–water partition coefficient (Wildman–Crippen LogP) is 2.90. The second-order valence-electron chi connectivity index (χ2n) is 4.23. The van der Waals surface area contributed by atoms with E-state index in [2.05, 4.69) is 29.1 Å². The summed E-state index contributed by atoms with van der Waals surface area (Å²) >= 11 is 3.11. The molecule has 0 heterocycles. The Kier molecular flexibility index (Phi) is 7.14. The maximum Gasteiger partial charge on any atom is 0.325 e. The summed E-state index contributed by atoms with van der Waals surface area (Å²) < 4.78 is 10.1. The average Bonchev–Trinajstić information content (AvgIpc) is 2.52. The van der Waals surface area contributed by atoms with Gasteiger partial charge in [-0.25, -0.2) is 0 Å². The SMILES string of the molecule is C=CCOC(=O)C(C(=O)OCC=C)c1ccc(Br)cc1[N+](=O)[O-]. The van der Waals surface area contributed by atoms with Crippen LogP contribution < -0.4 is 0 Å². The molecule has 0 N–H and O–H groups in total. The van der Waals surface area contributed by atoms with Crippen LogP contribution in [0.25, 0.3) is 0 Å². The summed E-state index contributed by atoms with van der Waals surface area (Å²) in [7, 11) is 0. The molecule has 0 aliphatic carbocycles. The standard InChI is InChI=1S/C15H14BrNO6/c1-3-7-22-14(18)13(15(19)23-8-4-2)11-6-5-10(16)9-12(11)17(20)21/h3-6,9,13H,1-2,7-8H2. The third kappa shape index (κ3) is 5.03. The second-order valence-corrected chi connectivity index (χ2v) is 5.15. The van der Waals surface area contributed by atoms with Gasteiger partial charge in [-0.05, 0) is 12.1 Å². The zero-order valence-corrected chi connectivity index (χ0v) is 13.7. The fourth-order valence-corrected chi connectivity index (χ4v) is 2.07. The highest BCUT2D eigenvalue weighted by atomic mass is 79.9. The summed E-state index contributed by atoms with van der Waals surface area (Å²) in [6.45, 7) is 6.53. The number of esters is 2. The number of nitro benzene ring substituents is 1. The van der Waals surface area contributed by atoms with Crippen molar-refractivity contribution in [3.8, 4) is 0 Å². The van der Waals surface area contributed by atoms with Crippen LogP contribution in [0.1, 0.15) is 11.5 Å². The van der Waals surface area contributed by atoms with Crippen molar-refractivity contribution in [3.63, 3.8) is 0 Å². The van der Waals surface area contributed by atoms with E-state index in [1.165, 1.54) is 30.4 Å². The van der Waals surface area contributed by atoms with Gasteiger partial charge in [-0.2, -0.15) is 0 Å². The van der Waals surface area contributed by atoms with E-state index in [1.54, 1.807) is 0 Å². The van der Waals surface area contributed by atoms with Gasteiger partial charge in [0.05, 0.1) is 10.5 Å². The Labute approximate surface area is 140 Å². The van der Waals surface area contributed by atoms with E-state index in [9.17, 15) is 19.7 Å². The van der Waals surface area contributed by atoms with Crippen molar-refractivity contribution in [2.24, 2.45) is 0 Å². The summed E-state index contributed by atoms with van der Waals surface area (Å²) in [6, 6.07) is 3.98. The fraction of sp³-hybridized carbons (Fsp3) is 0.200. The molecule has 0 radical (unpaired) electrons. The number of benzene rings is 1. The molecule has 0 saturated heterocycles. The lowest BCUT2D eigenvalue weighted by Gasteiger charge is -2.15. The first-order valence-electron chi connectivity index (χ1n) is 6.41. The Hall–Kier alpha value is -2.48. The molecule has 0 aliphatic heterocycles. The predicted molar refractivity (Wildman–Crippen MR) is 85.8 cm³/mol. The Morgan fingerprint density at radius 3 is 2.17 bits per heavy atom. The monoisotopic (exact) mass is 383 g/mol. The molecule has 23 heavy (non-hydrogen) atoms. The zero-order valence-electron chi connectivity index (χ0n) is 12.1. The van der Waals surface area contributed by atoms with Gasteiger partial charge in [-0.15, -0.1) is 0 Å². The topological polar surface area (TPSA) is 95.7 Å². The number of halogens is 1. The molecule has 0 bridgehead atoms. The Balaban J connectivity index is 3.30. The highest BCUT2D eigenvalue weighted by Crippen LogP contribution is 2.31. The summed E-state index contributed by atoms with van der Waals surface area (Å²) in [6.07, 6.45) is 2.64. The van der Waals surface area contributed by atoms with E-state index >= 15 is 0 Å². The first-order chi connectivity index (χ1) is 10.9. The lowest BCUT2D eigenvalue weighted by atomic mass is 9.97. The van der Waals surface area contributed by atoms with E-state index in [-0.39, 0.29) is 18.8 Å². The molecule has 122 valence electrons. The summed E-state index contributed by atoms with van der Waals surface area (Å²) in [5, 5.41) is 11.2. The van der Waals surface area contributed by atoms with Gasteiger partial charge < -0.3 is 9.47 Å². The number of rotatable bonds is 8. The van der Waals surface area contributed by atoms with Gasteiger partial charge in [0.2, 0.25) is 0 Å². The van der Waals surface area contributed by atoms with E-state index in [0.717, 1.165) is 0 Å². The fourth-order valence-electron chi connectivity index (χ4n) is 1.72. The average molecular weight is 384 g/mol. The molecule has 8 heteroatoms. The first-order valence-corrected chi connectivity index (χ1v) is 7.20. The molecule has 1 aromatic carbocycles. The molecule has 0 aliphatic rings. The van der Waals surface area contributed by atoms with Crippen LogP contribution in [0.2, 0.25) is 0 Å². The quantitative estimate of drug-likeness (QED) is 0.225. The van der Waals surface area contributed by atoms with Crippen molar-refractivity contribution in [1.29, 1.82) is 0 Å². The number of carbonyl (C=O) groups is 2. The number of nitro groups is 1. The minimum Gasteiger partial charge on any atom is -0.461 e. The van der Waals surface area contributed by atoms with Crippen LogP contribution in [0, 0.1) is 10.1 Å². The largest absolute Gasteiger partial charge is 0.461 e. The molecule has 0 saturated carbocycles. The molecule has 0 spiro atoms. The third-order valence-corrected chi connectivity index (χ3v) is 3.15. The van der Waals surface area contributed by atoms with Gasteiger partial charge in [0.15, 0.2) is 5.92 Å². The van der Waals surface area contributed by atoms with Crippen LogP contribution in [0.15, 0.2) is 48.0 Å². The van der Waals surface area contributed by atoms with Crippen LogP contribution in [0.3, 0.4) is 0 Å². The maximum absolute atomic E-state index is 12.1. The second kappa shape index (κ2) is 8.84. The van der Waals surface area contributed by atoms with Crippen molar-refractivity contribution in [1.82, 2.24) is 0 Å². The Morgan fingerprint density at radius 2 is 1.74 bits per heavy atom. The molecule has 7 nitrogen and oxygen atoms in total.